The Balaban J connectivity index is 1.84. The average Bonchev–Trinajstić information content (AvgIpc) is 2.65. The Hall–Kier alpha value is -2.08. The molecule has 0 aromatic heterocycles. The Morgan fingerprint density at radius 2 is 1.69 bits per heavy atom. The van der Waals surface area contributed by atoms with Gasteiger partial charge in [0.1, 0.15) is 6.61 Å². The van der Waals surface area contributed by atoms with E-state index in [1.807, 2.05) is 49.4 Å². The molecule has 0 aliphatic carbocycles. The Labute approximate surface area is 156 Å². The molecule has 142 valence electrons. The molecule has 0 spiro atoms. The highest BCUT2D eigenvalue weighted by atomic mass is 16.5. The summed E-state index contributed by atoms with van der Waals surface area (Å²) >= 11 is 0. The Morgan fingerprint density at radius 3 is 2.42 bits per heavy atom. The van der Waals surface area contributed by atoms with Crippen molar-refractivity contribution in [3.05, 3.63) is 59.7 Å². The topological polar surface area (TPSA) is 62.8 Å². The number of hydrogen-bond acceptors (Lipinski definition) is 5. The van der Waals surface area contributed by atoms with Crippen LogP contribution in [0, 0.1) is 0 Å². The van der Waals surface area contributed by atoms with E-state index in [-0.39, 0.29) is 6.10 Å². The summed E-state index contributed by atoms with van der Waals surface area (Å²) in [6.45, 7) is 7.90. The standard InChI is InChI=1S/C21H30N2O3/c1-3-25-21-13-19(15-23-12-11-22-14-17(2)24)9-10-20(21)26-16-18-7-5-4-6-8-18/h4-10,13,17,22-24H,3,11-12,14-16H2,1-2H3. The third-order valence-corrected chi connectivity index (χ3v) is 3.79. The van der Waals surface area contributed by atoms with Gasteiger partial charge >= 0.3 is 0 Å². The van der Waals surface area contributed by atoms with Crippen LogP contribution in [0.1, 0.15) is 25.0 Å². The lowest BCUT2D eigenvalue weighted by Crippen LogP contribution is -2.31. The number of nitrogens with one attached hydrogen (secondary N) is 2. The molecule has 1 atom stereocenters. The van der Waals surface area contributed by atoms with E-state index < -0.39 is 0 Å². The Bertz CT molecular complexity index is 632. The van der Waals surface area contributed by atoms with Gasteiger partial charge in [0, 0.05) is 26.2 Å². The summed E-state index contributed by atoms with van der Waals surface area (Å²) in [6, 6.07) is 16.2. The van der Waals surface area contributed by atoms with E-state index in [0.717, 1.165) is 42.3 Å². The summed E-state index contributed by atoms with van der Waals surface area (Å²) in [5.41, 5.74) is 2.28. The smallest absolute Gasteiger partial charge is 0.161 e. The molecule has 2 aromatic carbocycles. The number of hydrogen-bond donors (Lipinski definition) is 3. The number of ether oxygens (including phenoxy) is 2. The molecule has 5 heteroatoms. The van der Waals surface area contributed by atoms with Crippen molar-refractivity contribution < 1.29 is 14.6 Å². The van der Waals surface area contributed by atoms with Crippen LogP contribution < -0.4 is 20.1 Å². The number of aliphatic hydroxyl groups is 1. The summed E-state index contributed by atoms with van der Waals surface area (Å²) in [4.78, 5) is 0. The van der Waals surface area contributed by atoms with Crippen molar-refractivity contribution in [2.75, 3.05) is 26.2 Å². The van der Waals surface area contributed by atoms with Crippen LogP contribution in [0.4, 0.5) is 0 Å². The molecule has 0 bridgehead atoms. The van der Waals surface area contributed by atoms with Crippen molar-refractivity contribution in [2.24, 2.45) is 0 Å². The van der Waals surface area contributed by atoms with E-state index in [0.29, 0.717) is 19.8 Å². The molecule has 2 aromatic rings. The molecular weight excluding hydrogens is 328 g/mol. The largest absolute Gasteiger partial charge is 0.490 e. The minimum absolute atomic E-state index is 0.313. The van der Waals surface area contributed by atoms with Gasteiger partial charge in [0.05, 0.1) is 12.7 Å². The van der Waals surface area contributed by atoms with Crippen LogP contribution in [0.15, 0.2) is 48.5 Å². The van der Waals surface area contributed by atoms with Gasteiger partial charge in [-0.05, 0) is 37.1 Å². The molecule has 0 aliphatic rings. The van der Waals surface area contributed by atoms with E-state index in [1.54, 1.807) is 6.92 Å². The number of rotatable bonds is 12. The normalized spacial score (nSPS) is 12.0. The van der Waals surface area contributed by atoms with Gasteiger partial charge in [-0.3, -0.25) is 0 Å². The van der Waals surface area contributed by atoms with Gasteiger partial charge in [-0.25, -0.2) is 0 Å². The second kappa shape index (κ2) is 11.5. The third-order valence-electron chi connectivity index (χ3n) is 3.79. The minimum Gasteiger partial charge on any atom is -0.490 e. The maximum atomic E-state index is 9.20. The predicted octanol–water partition coefficient (Wildman–Crippen LogP) is 2.72. The summed E-state index contributed by atoms with van der Waals surface area (Å²) in [5.74, 6) is 1.54. The number of benzene rings is 2. The van der Waals surface area contributed by atoms with Crippen molar-refractivity contribution >= 4 is 0 Å². The summed E-state index contributed by atoms with van der Waals surface area (Å²) in [6.07, 6.45) is -0.313. The van der Waals surface area contributed by atoms with Crippen LogP contribution in [0.5, 0.6) is 11.5 Å². The Morgan fingerprint density at radius 1 is 0.923 bits per heavy atom. The fraction of sp³-hybridized carbons (Fsp3) is 0.429. The zero-order chi connectivity index (χ0) is 18.6. The molecule has 0 fully saturated rings. The highest BCUT2D eigenvalue weighted by molar-refractivity contribution is 5.43. The van der Waals surface area contributed by atoms with Crippen LogP contribution in [0.2, 0.25) is 0 Å². The zero-order valence-corrected chi connectivity index (χ0v) is 15.7. The maximum absolute atomic E-state index is 9.20. The van der Waals surface area contributed by atoms with Crippen LogP contribution in [0.3, 0.4) is 0 Å². The van der Waals surface area contributed by atoms with Crippen LogP contribution >= 0.6 is 0 Å². The third kappa shape index (κ3) is 7.44. The predicted molar refractivity (Wildman–Crippen MR) is 105 cm³/mol. The maximum Gasteiger partial charge on any atom is 0.161 e. The summed E-state index contributed by atoms with van der Waals surface area (Å²) < 4.78 is 11.7. The van der Waals surface area contributed by atoms with Gasteiger partial charge in [0.15, 0.2) is 11.5 Å². The molecule has 0 saturated heterocycles. The first-order valence-corrected chi connectivity index (χ1v) is 9.21. The molecule has 2 rings (SSSR count). The second-order valence-electron chi connectivity index (χ2n) is 6.22. The number of aliphatic hydroxyl groups excluding tert-OH is 1. The van der Waals surface area contributed by atoms with E-state index in [2.05, 4.69) is 16.7 Å². The molecular formula is C21H30N2O3. The lowest BCUT2D eigenvalue weighted by Gasteiger charge is -2.14. The first kappa shape index (κ1) is 20.2. The lowest BCUT2D eigenvalue weighted by molar-refractivity contribution is 0.191. The first-order chi connectivity index (χ1) is 12.7. The minimum atomic E-state index is -0.313. The van der Waals surface area contributed by atoms with Crippen molar-refractivity contribution in [3.63, 3.8) is 0 Å². The lowest BCUT2D eigenvalue weighted by atomic mass is 10.2. The van der Waals surface area contributed by atoms with Gasteiger partial charge in [-0.2, -0.15) is 0 Å². The highest BCUT2D eigenvalue weighted by Gasteiger charge is 2.07. The monoisotopic (exact) mass is 358 g/mol. The molecule has 0 radical (unpaired) electrons. The van der Waals surface area contributed by atoms with E-state index >= 15 is 0 Å². The van der Waals surface area contributed by atoms with Crippen molar-refractivity contribution in [1.29, 1.82) is 0 Å². The average molecular weight is 358 g/mol. The van der Waals surface area contributed by atoms with E-state index in [1.165, 1.54) is 0 Å². The van der Waals surface area contributed by atoms with E-state index in [4.69, 9.17) is 9.47 Å². The molecule has 26 heavy (non-hydrogen) atoms. The van der Waals surface area contributed by atoms with Gasteiger partial charge in [-0.15, -0.1) is 0 Å². The van der Waals surface area contributed by atoms with Crippen LogP contribution in [-0.4, -0.2) is 37.5 Å². The highest BCUT2D eigenvalue weighted by Crippen LogP contribution is 2.29. The summed E-state index contributed by atoms with van der Waals surface area (Å²) in [5, 5.41) is 15.8. The van der Waals surface area contributed by atoms with Crippen LogP contribution in [-0.2, 0) is 13.2 Å². The van der Waals surface area contributed by atoms with Crippen LogP contribution in [0.25, 0.3) is 0 Å². The second-order valence-corrected chi connectivity index (χ2v) is 6.22. The van der Waals surface area contributed by atoms with Crippen molar-refractivity contribution in [2.45, 2.75) is 33.1 Å². The summed E-state index contributed by atoms with van der Waals surface area (Å²) in [7, 11) is 0. The SMILES string of the molecule is CCOc1cc(CNCCNCC(C)O)ccc1OCc1ccccc1. The quantitative estimate of drug-likeness (QED) is 0.509. The molecule has 1 unspecified atom stereocenters. The van der Waals surface area contributed by atoms with Gasteiger partial charge < -0.3 is 25.2 Å². The van der Waals surface area contributed by atoms with E-state index in [9.17, 15) is 5.11 Å². The molecule has 0 amide bonds. The molecule has 0 aliphatic heterocycles. The zero-order valence-electron chi connectivity index (χ0n) is 15.7. The van der Waals surface area contributed by atoms with Crippen molar-refractivity contribution in [3.8, 4) is 11.5 Å². The molecule has 0 heterocycles. The van der Waals surface area contributed by atoms with Gasteiger partial charge in [-0.1, -0.05) is 36.4 Å². The molecule has 5 nitrogen and oxygen atoms in total. The first-order valence-electron chi connectivity index (χ1n) is 9.21. The fourth-order valence-corrected chi connectivity index (χ4v) is 2.51. The van der Waals surface area contributed by atoms with Gasteiger partial charge in [0.2, 0.25) is 0 Å². The molecule has 3 N–H and O–H groups in total. The Kier molecular flexibility index (Phi) is 8.96. The fourth-order valence-electron chi connectivity index (χ4n) is 2.51. The molecule has 0 saturated carbocycles. The van der Waals surface area contributed by atoms with Gasteiger partial charge in [0.25, 0.3) is 0 Å². The van der Waals surface area contributed by atoms with Crippen molar-refractivity contribution in [1.82, 2.24) is 10.6 Å².